The first-order valence-electron chi connectivity index (χ1n) is 7.58. The molecule has 4 rings (SSSR count). The van der Waals surface area contributed by atoms with E-state index in [1.54, 1.807) is 4.57 Å². The summed E-state index contributed by atoms with van der Waals surface area (Å²) in [7, 11) is 0. The van der Waals surface area contributed by atoms with Gasteiger partial charge in [0.05, 0.1) is 23.8 Å². The minimum absolute atomic E-state index is 0.161. The van der Waals surface area contributed by atoms with Crippen LogP contribution in [-0.2, 0) is 6.54 Å². The van der Waals surface area contributed by atoms with Gasteiger partial charge >= 0.3 is 0 Å². The van der Waals surface area contributed by atoms with E-state index in [9.17, 15) is 4.79 Å². The normalized spacial score (nSPS) is 15.6. The summed E-state index contributed by atoms with van der Waals surface area (Å²) < 4.78 is 7.01. The van der Waals surface area contributed by atoms with Crippen LogP contribution >= 0.6 is 0 Å². The SMILES string of the molecule is O=c1cnc2ccccc2n1Cc1noc(C2CCCC2)n1. The van der Waals surface area contributed by atoms with Gasteiger partial charge in [0.2, 0.25) is 5.89 Å². The Bertz CT molecular complexity index is 862. The van der Waals surface area contributed by atoms with Gasteiger partial charge in [0.15, 0.2) is 5.82 Å². The van der Waals surface area contributed by atoms with Crippen LogP contribution in [0.25, 0.3) is 11.0 Å². The van der Waals surface area contributed by atoms with Crippen molar-refractivity contribution in [2.75, 3.05) is 0 Å². The second kappa shape index (κ2) is 5.36. The zero-order chi connectivity index (χ0) is 14.9. The zero-order valence-corrected chi connectivity index (χ0v) is 12.1. The Labute approximate surface area is 126 Å². The summed E-state index contributed by atoms with van der Waals surface area (Å²) in [5.74, 6) is 1.63. The van der Waals surface area contributed by atoms with Gasteiger partial charge in [0.1, 0.15) is 0 Å². The van der Waals surface area contributed by atoms with Crippen LogP contribution in [-0.4, -0.2) is 19.7 Å². The molecule has 1 fully saturated rings. The molecule has 6 heteroatoms. The van der Waals surface area contributed by atoms with Crippen LogP contribution in [0.2, 0.25) is 0 Å². The standard InChI is InChI=1S/C16H16N4O2/c21-15-9-17-12-7-3-4-8-13(12)20(15)10-14-18-16(22-19-14)11-5-1-2-6-11/h3-4,7-9,11H,1-2,5-6,10H2. The van der Waals surface area contributed by atoms with Crippen LogP contribution in [0.15, 0.2) is 39.8 Å². The molecule has 0 spiro atoms. The fourth-order valence-electron chi connectivity index (χ4n) is 3.09. The lowest BCUT2D eigenvalue weighted by Crippen LogP contribution is -2.21. The lowest BCUT2D eigenvalue weighted by molar-refractivity contribution is 0.349. The predicted molar refractivity (Wildman–Crippen MR) is 80.6 cm³/mol. The maximum atomic E-state index is 12.1. The average molecular weight is 296 g/mol. The van der Waals surface area contributed by atoms with Crippen LogP contribution in [0.4, 0.5) is 0 Å². The van der Waals surface area contributed by atoms with Gasteiger partial charge in [-0.15, -0.1) is 0 Å². The van der Waals surface area contributed by atoms with Crippen molar-refractivity contribution in [1.82, 2.24) is 19.7 Å². The number of fused-ring (bicyclic) bond motifs is 1. The largest absolute Gasteiger partial charge is 0.339 e. The average Bonchev–Trinajstić information content (AvgIpc) is 3.21. The smallest absolute Gasteiger partial charge is 0.269 e. The van der Waals surface area contributed by atoms with E-state index < -0.39 is 0 Å². The van der Waals surface area contributed by atoms with E-state index in [4.69, 9.17) is 4.52 Å². The molecule has 22 heavy (non-hydrogen) atoms. The quantitative estimate of drug-likeness (QED) is 0.742. The molecule has 1 aliphatic rings. The first-order valence-corrected chi connectivity index (χ1v) is 7.58. The third-order valence-electron chi connectivity index (χ3n) is 4.24. The van der Waals surface area contributed by atoms with Crippen LogP contribution in [0, 0.1) is 0 Å². The highest BCUT2D eigenvalue weighted by Gasteiger charge is 2.23. The summed E-state index contributed by atoms with van der Waals surface area (Å²) in [4.78, 5) is 20.7. The molecule has 0 N–H and O–H groups in total. The van der Waals surface area contributed by atoms with Crippen molar-refractivity contribution in [3.05, 3.63) is 52.5 Å². The lowest BCUT2D eigenvalue weighted by atomic mass is 10.1. The van der Waals surface area contributed by atoms with Gasteiger partial charge in [0, 0.05) is 5.92 Å². The Kier molecular flexibility index (Phi) is 3.21. The second-order valence-corrected chi connectivity index (χ2v) is 5.70. The van der Waals surface area contributed by atoms with E-state index >= 15 is 0 Å². The van der Waals surface area contributed by atoms with E-state index in [0.29, 0.717) is 24.2 Å². The molecule has 0 saturated heterocycles. The van der Waals surface area contributed by atoms with E-state index in [0.717, 1.165) is 23.9 Å². The molecule has 112 valence electrons. The summed E-state index contributed by atoms with van der Waals surface area (Å²) >= 11 is 0. The highest BCUT2D eigenvalue weighted by atomic mass is 16.5. The van der Waals surface area contributed by atoms with Gasteiger partial charge in [-0.3, -0.25) is 9.36 Å². The molecular formula is C16H16N4O2. The topological polar surface area (TPSA) is 73.8 Å². The number of aromatic nitrogens is 4. The Hall–Kier alpha value is -2.50. The van der Waals surface area contributed by atoms with Gasteiger partial charge in [-0.2, -0.15) is 4.98 Å². The molecule has 1 aromatic carbocycles. The molecule has 2 heterocycles. The molecule has 3 aromatic rings. The van der Waals surface area contributed by atoms with Crippen LogP contribution in [0.1, 0.15) is 43.3 Å². The van der Waals surface area contributed by atoms with Gasteiger partial charge in [-0.25, -0.2) is 4.98 Å². The zero-order valence-electron chi connectivity index (χ0n) is 12.1. The van der Waals surface area contributed by atoms with Crippen LogP contribution in [0.3, 0.4) is 0 Å². The summed E-state index contributed by atoms with van der Waals surface area (Å²) in [6, 6.07) is 7.55. The molecule has 0 radical (unpaired) electrons. The van der Waals surface area contributed by atoms with Crippen LogP contribution < -0.4 is 5.56 Å². The number of nitrogens with zero attached hydrogens (tertiary/aromatic N) is 4. The van der Waals surface area contributed by atoms with Crippen molar-refractivity contribution in [1.29, 1.82) is 0 Å². The summed E-state index contributed by atoms with van der Waals surface area (Å²) in [6.45, 7) is 0.304. The minimum atomic E-state index is -0.161. The molecule has 0 atom stereocenters. The van der Waals surface area contributed by atoms with E-state index in [-0.39, 0.29) is 5.56 Å². The highest BCUT2D eigenvalue weighted by Crippen LogP contribution is 2.32. The lowest BCUT2D eigenvalue weighted by Gasteiger charge is -2.06. The fraction of sp³-hybridized carbons (Fsp3) is 0.375. The maximum Gasteiger partial charge on any atom is 0.269 e. The fourth-order valence-corrected chi connectivity index (χ4v) is 3.09. The van der Waals surface area contributed by atoms with Crippen LogP contribution in [0.5, 0.6) is 0 Å². The van der Waals surface area contributed by atoms with Gasteiger partial charge < -0.3 is 4.52 Å². The molecule has 6 nitrogen and oxygen atoms in total. The molecule has 1 saturated carbocycles. The van der Waals surface area contributed by atoms with Gasteiger partial charge in [0.25, 0.3) is 5.56 Å². The summed E-state index contributed by atoms with van der Waals surface area (Å²) in [6.07, 6.45) is 5.99. The molecule has 0 bridgehead atoms. The second-order valence-electron chi connectivity index (χ2n) is 5.70. The van der Waals surface area contributed by atoms with E-state index in [2.05, 4.69) is 15.1 Å². The predicted octanol–water partition coefficient (Wildman–Crippen LogP) is 2.49. The van der Waals surface area contributed by atoms with Gasteiger partial charge in [-0.1, -0.05) is 30.1 Å². The summed E-state index contributed by atoms with van der Waals surface area (Å²) in [5, 5.41) is 4.04. The van der Waals surface area contributed by atoms with E-state index in [1.165, 1.54) is 19.0 Å². The minimum Gasteiger partial charge on any atom is -0.339 e. The molecule has 2 aromatic heterocycles. The molecule has 0 aliphatic heterocycles. The number of para-hydroxylation sites is 2. The third kappa shape index (κ3) is 2.30. The molecule has 0 unspecified atom stereocenters. The number of hydrogen-bond acceptors (Lipinski definition) is 5. The molecule has 1 aliphatic carbocycles. The third-order valence-corrected chi connectivity index (χ3v) is 4.24. The van der Waals surface area contributed by atoms with Crippen molar-refractivity contribution >= 4 is 11.0 Å². The first kappa shape index (κ1) is 13.2. The Morgan fingerprint density at radius 1 is 1.23 bits per heavy atom. The highest BCUT2D eigenvalue weighted by molar-refractivity contribution is 5.74. The van der Waals surface area contributed by atoms with Crippen molar-refractivity contribution in [3.8, 4) is 0 Å². The Morgan fingerprint density at radius 3 is 2.91 bits per heavy atom. The monoisotopic (exact) mass is 296 g/mol. The molecule has 0 amide bonds. The maximum absolute atomic E-state index is 12.1. The van der Waals surface area contributed by atoms with Gasteiger partial charge in [-0.05, 0) is 25.0 Å². The van der Waals surface area contributed by atoms with Crippen molar-refractivity contribution < 1.29 is 4.52 Å². The van der Waals surface area contributed by atoms with Crippen molar-refractivity contribution in [2.45, 2.75) is 38.1 Å². The molecular weight excluding hydrogens is 280 g/mol. The Morgan fingerprint density at radius 2 is 2.05 bits per heavy atom. The van der Waals surface area contributed by atoms with Crippen molar-refractivity contribution in [3.63, 3.8) is 0 Å². The number of hydrogen-bond donors (Lipinski definition) is 0. The number of benzene rings is 1. The Balaban J connectivity index is 1.69. The number of rotatable bonds is 3. The summed E-state index contributed by atoms with van der Waals surface area (Å²) in [5.41, 5.74) is 1.40. The van der Waals surface area contributed by atoms with E-state index in [1.807, 2.05) is 24.3 Å². The first-order chi connectivity index (χ1) is 10.8. The van der Waals surface area contributed by atoms with Crippen molar-refractivity contribution in [2.24, 2.45) is 0 Å².